The first kappa shape index (κ1) is 11.6. The zero-order valence-electron chi connectivity index (χ0n) is 10.0. The van der Waals surface area contributed by atoms with E-state index in [0.29, 0.717) is 6.42 Å². The summed E-state index contributed by atoms with van der Waals surface area (Å²) in [5.41, 5.74) is 1.16. The van der Waals surface area contributed by atoms with E-state index in [0.717, 1.165) is 24.8 Å². The summed E-state index contributed by atoms with van der Waals surface area (Å²) < 4.78 is 0. The van der Waals surface area contributed by atoms with Crippen LogP contribution >= 0.6 is 0 Å². The van der Waals surface area contributed by atoms with Gasteiger partial charge in [-0.05, 0) is 37.8 Å². The quantitative estimate of drug-likeness (QED) is 0.815. The lowest BCUT2D eigenvalue weighted by Crippen LogP contribution is -2.23. The molecule has 0 heterocycles. The highest BCUT2D eigenvalue weighted by molar-refractivity contribution is 5.30. The van der Waals surface area contributed by atoms with E-state index in [4.69, 9.17) is 0 Å². The molecule has 0 aromatic heterocycles. The van der Waals surface area contributed by atoms with Crippen molar-refractivity contribution in [3.05, 3.63) is 35.4 Å². The number of rotatable bonds is 4. The molecule has 1 fully saturated rings. The van der Waals surface area contributed by atoms with Gasteiger partial charge in [0.1, 0.15) is 0 Å². The van der Waals surface area contributed by atoms with Crippen LogP contribution in [0.25, 0.3) is 0 Å². The molecule has 1 saturated carbocycles. The zero-order chi connectivity index (χ0) is 11.8. The minimum absolute atomic E-state index is 0.463. The van der Waals surface area contributed by atoms with Crippen molar-refractivity contribution in [2.24, 2.45) is 0 Å². The van der Waals surface area contributed by atoms with Crippen LogP contribution in [0.5, 0.6) is 0 Å². The van der Waals surface area contributed by atoms with Crippen molar-refractivity contribution in [1.82, 2.24) is 0 Å². The molecule has 2 rings (SSSR count). The molecule has 1 aliphatic rings. The summed E-state index contributed by atoms with van der Waals surface area (Å²) in [4.78, 5) is 0. The van der Waals surface area contributed by atoms with Gasteiger partial charge in [-0.3, -0.25) is 0 Å². The van der Waals surface area contributed by atoms with Crippen molar-refractivity contribution in [3.8, 4) is 0 Å². The average molecular weight is 220 g/mol. The van der Waals surface area contributed by atoms with E-state index in [-0.39, 0.29) is 0 Å². The average Bonchev–Trinajstić information content (AvgIpc) is 2.85. The van der Waals surface area contributed by atoms with Crippen LogP contribution < -0.4 is 0 Å². The first-order chi connectivity index (χ1) is 7.38. The van der Waals surface area contributed by atoms with Gasteiger partial charge in [0.2, 0.25) is 0 Å². The lowest BCUT2D eigenvalue weighted by Gasteiger charge is -2.20. The fraction of sp³-hybridized carbons (Fsp3) is 0.571. The van der Waals surface area contributed by atoms with Crippen molar-refractivity contribution in [2.75, 3.05) is 0 Å². The molecule has 2 nitrogen and oxygen atoms in total. The summed E-state index contributed by atoms with van der Waals surface area (Å²) in [6, 6.07) is 8.08. The van der Waals surface area contributed by atoms with Gasteiger partial charge in [-0.1, -0.05) is 24.3 Å². The molecular formula is C14H20O2. The number of hydrogen-bond acceptors (Lipinski definition) is 2. The highest BCUT2D eigenvalue weighted by atomic mass is 16.3. The molecule has 2 N–H and O–H groups in total. The number of aliphatic hydroxyl groups is 2. The molecule has 0 unspecified atom stereocenters. The van der Waals surface area contributed by atoms with Gasteiger partial charge >= 0.3 is 0 Å². The van der Waals surface area contributed by atoms with Crippen LogP contribution in [-0.2, 0) is 12.8 Å². The third-order valence-electron chi connectivity index (χ3n) is 3.09. The molecule has 0 spiro atoms. The van der Waals surface area contributed by atoms with E-state index in [1.54, 1.807) is 0 Å². The highest BCUT2D eigenvalue weighted by Crippen LogP contribution is 2.39. The van der Waals surface area contributed by atoms with Crippen LogP contribution in [-0.4, -0.2) is 21.4 Å². The molecule has 0 atom stereocenters. The largest absolute Gasteiger partial charge is 0.390 e. The Morgan fingerprint density at radius 3 is 2.25 bits per heavy atom. The Bertz CT molecular complexity index is 346. The Morgan fingerprint density at radius 1 is 1.19 bits per heavy atom. The minimum atomic E-state index is -0.692. The topological polar surface area (TPSA) is 40.5 Å². The lowest BCUT2D eigenvalue weighted by molar-refractivity contribution is 0.0802. The second kappa shape index (κ2) is 3.86. The summed E-state index contributed by atoms with van der Waals surface area (Å²) in [5, 5.41) is 19.8. The lowest BCUT2D eigenvalue weighted by atomic mass is 9.92. The summed E-state index contributed by atoms with van der Waals surface area (Å²) >= 11 is 0. The molecule has 16 heavy (non-hydrogen) atoms. The summed E-state index contributed by atoms with van der Waals surface area (Å²) in [5.74, 6) is 0. The van der Waals surface area contributed by atoms with Crippen LogP contribution in [0.1, 0.15) is 37.8 Å². The van der Waals surface area contributed by atoms with Gasteiger partial charge < -0.3 is 10.2 Å². The van der Waals surface area contributed by atoms with E-state index in [1.165, 1.54) is 5.56 Å². The molecule has 2 heteroatoms. The molecule has 0 aliphatic heterocycles. The normalized spacial score (nSPS) is 18.5. The number of benzene rings is 1. The standard InChI is InChI=1S/C14H20O2/c1-13(2,15)9-11-5-3-4-6-12(11)10-14(16)7-8-14/h3-6,15-16H,7-10H2,1-2H3. The van der Waals surface area contributed by atoms with Crippen molar-refractivity contribution in [3.63, 3.8) is 0 Å². The van der Waals surface area contributed by atoms with Gasteiger partial charge in [0.25, 0.3) is 0 Å². The van der Waals surface area contributed by atoms with Gasteiger partial charge in [0, 0.05) is 12.8 Å². The van der Waals surface area contributed by atoms with Gasteiger partial charge in [-0.25, -0.2) is 0 Å². The smallest absolute Gasteiger partial charge is 0.0690 e. The predicted molar refractivity (Wildman–Crippen MR) is 64.3 cm³/mol. The van der Waals surface area contributed by atoms with Crippen LogP contribution in [0.3, 0.4) is 0 Å². The van der Waals surface area contributed by atoms with Crippen molar-refractivity contribution in [2.45, 2.75) is 50.7 Å². The molecule has 1 aliphatic carbocycles. The van der Waals surface area contributed by atoms with Crippen LogP contribution in [0.4, 0.5) is 0 Å². The van der Waals surface area contributed by atoms with E-state index < -0.39 is 11.2 Å². The van der Waals surface area contributed by atoms with Gasteiger partial charge in [-0.15, -0.1) is 0 Å². The van der Waals surface area contributed by atoms with E-state index in [9.17, 15) is 10.2 Å². The van der Waals surface area contributed by atoms with Gasteiger partial charge in [0.05, 0.1) is 11.2 Å². The third kappa shape index (κ3) is 3.06. The fourth-order valence-electron chi connectivity index (χ4n) is 2.04. The molecule has 88 valence electrons. The molecule has 0 bridgehead atoms. The molecule has 0 radical (unpaired) electrons. The summed E-state index contributed by atoms with van der Waals surface area (Å²) in [7, 11) is 0. The van der Waals surface area contributed by atoms with Gasteiger partial charge in [-0.2, -0.15) is 0 Å². The van der Waals surface area contributed by atoms with Crippen molar-refractivity contribution >= 4 is 0 Å². The maximum absolute atomic E-state index is 9.94. The maximum Gasteiger partial charge on any atom is 0.0690 e. The Balaban J connectivity index is 2.17. The first-order valence-corrected chi connectivity index (χ1v) is 5.90. The van der Waals surface area contributed by atoms with Crippen molar-refractivity contribution < 1.29 is 10.2 Å². The van der Waals surface area contributed by atoms with Crippen LogP contribution in [0.15, 0.2) is 24.3 Å². The molecule has 0 amide bonds. The molecule has 1 aromatic rings. The van der Waals surface area contributed by atoms with Crippen LogP contribution in [0.2, 0.25) is 0 Å². The molecular weight excluding hydrogens is 200 g/mol. The highest BCUT2D eigenvalue weighted by Gasteiger charge is 2.40. The predicted octanol–water partition coefficient (Wildman–Crippen LogP) is 2.07. The molecule has 0 saturated heterocycles. The summed E-state index contributed by atoms with van der Waals surface area (Å²) in [6.45, 7) is 3.63. The Labute approximate surface area is 96.9 Å². The summed E-state index contributed by atoms with van der Waals surface area (Å²) in [6.07, 6.45) is 3.17. The number of hydrogen-bond donors (Lipinski definition) is 2. The molecule has 1 aromatic carbocycles. The maximum atomic E-state index is 9.94. The Morgan fingerprint density at radius 2 is 1.75 bits per heavy atom. The third-order valence-corrected chi connectivity index (χ3v) is 3.09. The van der Waals surface area contributed by atoms with E-state index in [2.05, 4.69) is 6.07 Å². The van der Waals surface area contributed by atoms with Crippen molar-refractivity contribution in [1.29, 1.82) is 0 Å². The zero-order valence-corrected chi connectivity index (χ0v) is 10.0. The Hall–Kier alpha value is -0.860. The second-order valence-corrected chi connectivity index (χ2v) is 5.66. The van der Waals surface area contributed by atoms with E-state index >= 15 is 0 Å². The fourth-order valence-corrected chi connectivity index (χ4v) is 2.04. The van der Waals surface area contributed by atoms with E-state index in [1.807, 2.05) is 32.0 Å². The van der Waals surface area contributed by atoms with Crippen LogP contribution in [0, 0.1) is 0 Å². The minimum Gasteiger partial charge on any atom is -0.390 e. The first-order valence-electron chi connectivity index (χ1n) is 5.90. The SMILES string of the molecule is CC(C)(O)Cc1ccccc1CC1(O)CC1. The van der Waals surface area contributed by atoms with Gasteiger partial charge in [0.15, 0.2) is 0 Å². The second-order valence-electron chi connectivity index (χ2n) is 5.66. The Kier molecular flexibility index (Phi) is 2.81. The monoisotopic (exact) mass is 220 g/mol.